The topological polar surface area (TPSA) is 46.6 Å². The zero-order chi connectivity index (χ0) is 16.6. The molecule has 0 radical (unpaired) electrons. The first-order valence-electron chi connectivity index (χ1n) is 7.48. The van der Waals surface area contributed by atoms with Gasteiger partial charge in [-0.15, -0.1) is 0 Å². The summed E-state index contributed by atoms with van der Waals surface area (Å²) in [5, 5.41) is 0. The first-order valence-corrected chi connectivity index (χ1v) is 9.71. The van der Waals surface area contributed by atoms with Crippen LogP contribution in [0.15, 0.2) is 45.8 Å². The maximum atomic E-state index is 13.0. The largest absolute Gasteiger partial charge is 0.494 e. The molecule has 0 saturated heterocycles. The van der Waals surface area contributed by atoms with Gasteiger partial charge in [0.2, 0.25) is 0 Å². The predicted molar refractivity (Wildman–Crippen MR) is 94.7 cm³/mol. The van der Waals surface area contributed by atoms with Crippen LogP contribution in [0.4, 0.5) is 5.69 Å². The Balaban J connectivity index is 1.99. The van der Waals surface area contributed by atoms with Crippen molar-refractivity contribution in [2.45, 2.75) is 25.2 Å². The van der Waals surface area contributed by atoms with Gasteiger partial charge in [-0.2, -0.15) is 0 Å². The van der Waals surface area contributed by atoms with Crippen LogP contribution >= 0.6 is 15.9 Å². The molecule has 0 aliphatic carbocycles. The highest BCUT2D eigenvalue weighted by molar-refractivity contribution is 9.10. The third-order valence-corrected chi connectivity index (χ3v) is 6.23. The molecule has 122 valence electrons. The number of benzene rings is 2. The van der Waals surface area contributed by atoms with E-state index in [1.54, 1.807) is 18.2 Å². The van der Waals surface area contributed by atoms with Gasteiger partial charge in [-0.1, -0.05) is 15.9 Å². The Kier molecular flexibility index (Phi) is 4.38. The SMILES string of the molecule is CCOc1ccc(S(=O)(=O)N2CCc3cc(Br)ccc32)cc1C. The highest BCUT2D eigenvalue weighted by atomic mass is 79.9. The van der Waals surface area contributed by atoms with Crippen molar-refractivity contribution in [2.75, 3.05) is 17.5 Å². The van der Waals surface area contributed by atoms with Gasteiger partial charge >= 0.3 is 0 Å². The summed E-state index contributed by atoms with van der Waals surface area (Å²) in [6, 6.07) is 10.7. The predicted octanol–water partition coefficient (Wildman–Crippen LogP) is 3.91. The summed E-state index contributed by atoms with van der Waals surface area (Å²) in [7, 11) is -3.56. The smallest absolute Gasteiger partial charge is 0.264 e. The molecule has 2 aromatic carbocycles. The molecule has 0 amide bonds. The lowest BCUT2D eigenvalue weighted by atomic mass is 10.2. The average molecular weight is 396 g/mol. The van der Waals surface area contributed by atoms with Gasteiger partial charge in [-0.3, -0.25) is 4.31 Å². The molecule has 0 fully saturated rings. The van der Waals surface area contributed by atoms with Crippen molar-refractivity contribution < 1.29 is 13.2 Å². The van der Waals surface area contributed by atoms with Gasteiger partial charge < -0.3 is 4.74 Å². The van der Waals surface area contributed by atoms with Crippen LogP contribution < -0.4 is 9.04 Å². The highest BCUT2D eigenvalue weighted by Gasteiger charge is 2.31. The van der Waals surface area contributed by atoms with E-state index >= 15 is 0 Å². The first kappa shape index (κ1) is 16.3. The number of anilines is 1. The molecular formula is C17H18BrNO3S. The molecule has 0 saturated carbocycles. The van der Waals surface area contributed by atoms with Crippen molar-refractivity contribution in [3.8, 4) is 5.75 Å². The quantitative estimate of drug-likeness (QED) is 0.788. The fraction of sp³-hybridized carbons (Fsp3) is 0.294. The second kappa shape index (κ2) is 6.17. The number of nitrogens with zero attached hydrogens (tertiary/aromatic N) is 1. The number of halogens is 1. The third kappa shape index (κ3) is 2.97. The Hall–Kier alpha value is -1.53. The minimum atomic E-state index is -3.56. The zero-order valence-corrected chi connectivity index (χ0v) is 15.4. The van der Waals surface area contributed by atoms with E-state index in [1.165, 1.54) is 4.31 Å². The molecule has 0 aromatic heterocycles. The van der Waals surface area contributed by atoms with Gasteiger partial charge in [0.05, 0.1) is 17.2 Å². The molecule has 1 aliphatic rings. The van der Waals surface area contributed by atoms with Crippen LogP contribution in [0.3, 0.4) is 0 Å². The van der Waals surface area contributed by atoms with Gasteiger partial charge in [0.25, 0.3) is 10.0 Å². The molecule has 6 heteroatoms. The fourth-order valence-electron chi connectivity index (χ4n) is 2.82. The second-order valence-corrected chi connectivity index (χ2v) is 8.24. The standard InChI is InChI=1S/C17H18BrNO3S/c1-3-22-17-7-5-15(10-12(17)2)23(20,21)19-9-8-13-11-14(18)4-6-16(13)19/h4-7,10-11H,3,8-9H2,1-2H3. The van der Waals surface area contributed by atoms with Crippen molar-refractivity contribution >= 4 is 31.6 Å². The maximum Gasteiger partial charge on any atom is 0.264 e. The summed E-state index contributed by atoms with van der Waals surface area (Å²) in [5.74, 6) is 0.720. The summed E-state index contributed by atoms with van der Waals surface area (Å²) in [6.45, 7) is 4.80. The minimum Gasteiger partial charge on any atom is -0.494 e. The molecule has 0 bridgehead atoms. The van der Waals surface area contributed by atoms with E-state index in [0.717, 1.165) is 33.5 Å². The van der Waals surface area contributed by atoms with Crippen molar-refractivity contribution in [1.82, 2.24) is 0 Å². The maximum absolute atomic E-state index is 13.0. The third-order valence-electron chi connectivity index (χ3n) is 3.93. The molecular weight excluding hydrogens is 378 g/mol. The Labute approximate surface area is 145 Å². The second-order valence-electron chi connectivity index (χ2n) is 5.46. The number of hydrogen-bond donors (Lipinski definition) is 0. The van der Waals surface area contributed by atoms with Crippen LogP contribution in [0.5, 0.6) is 5.75 Å². The molecule has 1 heterocycles. The Morgan fingerprint density at radius 2 is 2.00 bits per heavy atom. The van der Waals surface area contributed by atoms with Crippen molar-refractivity contribution in [2.24, 2.45) is 0 Å². The van der Waals surface area contributed by atoms with E-state index in [0.29, 0.717) is 18.0 Å². The van der Waals surface area contributed by atoms with Gasteiger partial charge in [-0.25, -0.2) is 8.42 Å². The van der Waals surface area contributed by atoms with Gasteiger partial charge in [0, 0.05) is 11.0 Å². The summed E-state index contributed by atoms with van der Waals surface area (Å²) in [5.41, 5.74) is 2.63. The summed E-state index contributed by atoms with van der Waals surface area (Å²) in [6.07, 6.45) is 0.726. The van der Waals surface area contributed by atoms with Crippen molar-refractivity contribution in [1.29, 1.82) is 0 Å². The molecule has 4 nitrogen and oxygen atoms in total. The number of hydrogen-bond acceptors (Lipinski definition) is 3. The van der Waals surface area contributed by atoms with E-state index < -0.39 is 10.0 Å². The Morgan fingerprint density at radius 3 is 2.70 bits per heavy atom. The lowest BCUT2D eigenvalue weighted by molar-refractivity contribution is 0.337. The summed E-state index contributed by atoms with van der Waals surface area (Å²) in [4.78, 5) is 0.300. The van der Waals surface area contributed by atoms with Crippen LogP contribution in [-0.4, -0.2) is 21.6 Å². The number of rotatable bonds is 4. The number of aryl methyl sites for hydroxylation is 1. The number of fused-ring (bicyclic) bond motifs is 1. The monoisotopic (exact) mass is 395 g/mol. The van der Waals surface area contributed by atoms with Gasteiger partial charge in [0.1, 0.15) is 5.75 Å². The molecule has 0 spiro atoms. The molecule has 0 atom stereocenters. The van der Waals surface area contributed by atoms with Gasteiger partial charge in [0.15, 0.2) is 0 Å². The summed E-state index contributed by atoms with van der Waals surface area (Å²) < 4.78 is 33.9. The normalized spacial score (nSPS) is 14.0. The first-order chi connectivity index (χ1) is 10.9. The van der Waals surface area contributed by atoms with Crippen LogP contribution in [0.2, 0.25) is 0 Å². The fourth-order valence-corrected chi connectivity index (χ4v) is 4.81. The number of ether oxygens (including phenoxy) is 1. The van der Waals surface area contributed by atoms with E-state index in [2.05, 4.69) is 15.9 Å². The molecule has 1 aliphatic heterocycles. The lowest BCUT2D eigenvalue weighted by Gasteiger charge is -2.20. The molecule has 0 unspecified atom stereocenters. The molecule has 0 N–H and O–H groups in total. The van der Waals surface area contributed by atoms with E-state index in [9.17, 15) is 8.42 Å². The molecule has 3 rings (SSSR count). The van der Waals surface area contributed by atoms with E-state index in [1.807, 2.05) is 32.0 Å². The van der Waals surface area contributed by atoms with Crippen molar-refractivity contribution in [3.63, 3.8) is 0 Å². The van der Waals surface area contributed by atoms with E-state index in [4.69, 9.17) is 4.74 Å². The van der Waals surface area contributed by atoms with E-state index in [-0.39, 0.29) is 0 Å². The highest BCUT2D eigenvalue weighted by Crippen LogP contribution is 2.35. The zero-order valence-electron chi connectivity index (χ0n) is 13.0. The van der Waals surface area contributed by atoms with Crippen LogP contribution in [-0.2, 0) is 16.4 Å². The molecule has 23 heavy (non-hydrogen) atoms. The molecule has 2 aromatic rings. The Bertz CT molecular complexity index is 849. The number of sulfonamides is 1. The average Bonchev–Trinajstić information content (AvgIpc) is 2.93. The Morgan fingerprint density at radius 1 is 1.22 bits per heavy atom. The van der Waals surface area contributed by atoms with Gasteiger partial charge in [-0.05, 0) is 67.8 Å². The summed E-state index contributed by atoms with van der Waals surface area (Å²) >= 11 is 3.43. The minimum absolute atomic E-state index is 0.300. The lowest BCUT2D eigenvalue weighted by Crippen LogP contribution is -2.29. The van der Waals surface area contributed by atoms with Crippen LogP contribution in [0.25, 0.3) is 0 Å². The van der Waals surface area contributed by atoms with Crippen molar-refractivity contribution in [3.05, 3.63) is 52.0 Å². The van der Waals surface area contributed by atoms with Crippen LogP contribution in [0.1, 0.15) is 18.1 Å². The van der Waals surface area contributed by atoms with Crippen LogP contribution in [0, 0.1) is 6.92 Å².